The van der Waals surface area contributed by atoms with E-state index in [1.165, 1.54) is 44.9 Å². The van der Waals surface area contributed by atoms with Gasteiger partial charge in [-0.25, -0.2) is 0 Å². The van der Waals surface area contributed by atoms with Crippen LogP contribution in [0.15, 0.2) is 0 Å². The Morgan fingerprint density at radius 1 is 1.21 bits per heavy atom. The van der Waals surface area contributed by atoms with E-state index >= 15 is 0 Å². The van der Waals surface area contributed by atoms with E-state index in [4.69, 9.17) is 0 Å². The number of rotatable bonds is 3. The maximum Gasteiger partial charge on any atom is 0.242 e. The van der Waals surface area contributed by atoms with Gasteiger partial charge in [-0.3, -0.25) is 4.79 Å². The van der Waals surface area contributed by atoms with Crippen molar-refractivity contribution in [2.75, 3.05) is 20.1 Å². The third-order valence-corrected chi connectivity index (χ3v) is 4.69. The first kappa shape index (κ1) is 16.8. The zero-order valence-corrected chi connectivity index (χ0v) is 13.2. The van der Waals surface area contributed by atoms with Gasteiger partial charge < -0.3 is 10.2 Å². The Labute approximate surface area is 123 Å². The van der Waals surface area contributed by atoms with Crippen molar-refractivity contribution in [1.82, 2.24) is 10.2 Å². The van der Waals surface area contributed by atoms with Gasteiger partial charge >= 0.3 is 0 Å². The Kier molecular flexibility index (Phi) is 6.61. The number of carbonyl (C=O) groups is 1. The Morgan fingerprint density at radius 2 is 1.89 bits per heavy atom. The predicted octanol–water partition coefficient (Wildman–Crippen LogP) is 2.98. The van der Waals surface area contributed by atoms with E-state index < -0.39 is 0 Å². The molecule has 1 aliphatic heterocycles. The van der Waals surface area contributed by atoms with E-state index in [1.54, 1.807) is 0 Å². The lowest BCUT2D eigenvalue weighted by Gasteiger charge is -2.38. The predicted molar refractivity (Wildman–Crippen MR) is 81.7 cm³/mol. The second kappa shape index (κ2) is 7.49. The summed E-state index contributed by atoms with van der Waals surface area (Å²) in [5.74, 6) is 1.03. The number of amides is 1. The highest BCUT2D eigenvalue weighted by molar-refractivity contribution is 5.86. The Balaban J connectivity index is 0.00000180. The first-order chi connectivity index (χ1) is 8.62. The third-order valence-electron chi connectivity index (χ3n) is 4.69. The molecule has 1 heterocycles. The molecular weight excluding hydrogens is 260 g/mol. The number of likely N-dealkylation sites (N-methyl/N-ethyl adjacent to an activating group) is 1. The summed E-state index contributed by atoms with van der Waals surface area (Å²) >= 11 is 0. The minimum Gasteiger partial charge on any atom is -0.344 e. The van der Waals surface area contributed by atoms with E-state index in [9.17, 15) is 4.79 Å². The van der Waals surface area contributed by atoms with Gasteiger partial charge in [0.25, 0.3) is 0 Å². The molecular formula is C15H29ClN2O. The molecule has 0 radical (unpaired) electrons. The average Bonchev–Trinajstić information content (AvgIpc) is 2.40. The van der Waals surface area contributed by atoms with Crippen molar-refractivity contribution in [3.63, 3.8) is 0 Å². The van der Waals surface area contributed by atoms with Gasteiger partial charge in [-0.1, -0.05) is 19.3 Å². The second-order valence-corrected chi connectivity index (χ2v) is 6.41. The van der Waals surface area contributed by atoms with Gasteiger partial charge in [0.1, 0.15) is 0 Å². The van der Waals surface area contributed by atoms with Gasteiger partial charge in [-0.2, -0.15) is 0 Å². The van der Waals surface area contributed by atoms with E-state index in [0.29, 0.717) is 5.91 Å². The maximum absolute atomic E-state index is 12.6. The minimum absolute atomic E-state index is 0. The van der Waals surface area contributed by atoms with Crippen LogP contribution in [-0.2, 0) is 4.79 Å². The SMILES string of the molecule is CN(CC1CCCCC1)C(=O)C1(C)CCCCN1.Cl. The van der Waals surface area contributed by atoms with Crippen LogP contribution < -0.4 is 5.32 Å². The molecule has 1 amide bonds. The lowest BCUT2D eigenvalue weighted by molar-refractivity contribution is -0.138. The standard InChI is InChI=1S/C15H28N2O.ClH/c1-15(10-6-7-11-16-15)14(18)17(2)12-13-8-4-3-5-9-13;/h13,16H,3-12H2,1-2H3;1H. The molecule has 1 saturated carbocycles. The lowest BCUT2D eigenvalue weighted by Crippen LogP contribution is -2.57. The molecule has 0 aromatic heterocycles. The summed E-state index contributed by atoms with van der Waals surface area (Å²) < 4.78 is 0. The topological polar surface area (TPSA) is 32.3 Å². The van der Waals surface area contributed by atoms with Gasteiger partial charge in [0, 0.05) is 13.6 Å². The van der Waals surface area contributed by atoms with Gasteiger partial charge in [0.15, 0.2) is 0 Å². The van der Waals surface area contributed by atoms with Crippen LogP contribution in [0, 0.1) is 5.92 Å². The van der Waals surface area contributed by atoms with Crippen LogP contribution in [0.5, 0.6) is 0 Å². The molecule has 0 bridgehead atoms. The van der Waals surface area contributed by atoms with Crippen molar-refractivity contribution in [3.8, 4) is 0 Å². The fourth-order valence-electron chi connectivity index (χ4n) is 3.50. The largest absolute Gasteiger partial charge is 0.344 e. The molecule has 0 aromatic carbocycles. The van der Waals surface area contributed by atoms with Crippen LogP contribution in [0.25, 0.3) is 0 Å². The molecule has 2 aliphatic rings. The Bertz CT molecular complexity index is 284. The molecule has 112 valence electrons. The number of piperidine rings is 1. The second-order valence-electron chi connectivity index (χ2n) is 6.41. The van der Waals surface area contributed by atoms with Crippen molar-refractivity contribution in [1.29, 1.82) is 0 Å². The molecule has 2 fully saturated rings. The maximum atomic E-state index is 12.6. The summed E-state index contributed by atoms with van der Waals surface area (Å²) in [6, 6.07) is 0. The molecule has 4 heteroatoms. The van der Waals surface area contributed by atoms with Crippen LogP contribution in [-0.4, -0.2) is 36.5 Å². The highest BCUT2D eigenvalue weighted by atomic mass is 35.5. The quantitative estimate of drug-likeness (QED) is 0.866. The van der Waals surface area contributed by atoms with Crippen LogP contribution >= 0.6 is 12.4 Å². The number of halogens is 1. The van der Waals surface area contributed by atoms with Crippen molar-refractivity contribution >= 4 is 18.3 Å². The van der Waals surface area contributed by atoms with Gasteiger partial charge in [-0.15, -0.1) is 12.4 Å². The van der Waals surface area contributed by atoms with Crippen molar-refractivity contribution in [3.05, 3.63) is 0 Å². The summed E-state index contributed by atoms with van der Waals surface area (Å²) in [6.07, 6.45) is 10.1. The van der Waals surface area contributed by atoms with Crippen LogP contribution in [0.2, 0.25) is 0 Å². The molecule has 1 saturated heterocycles. The Morgan fingerprint density at radius 3 is 2.47 bits per heavy atom. The highest BCUT2D eigenvalue weighted by Gasteiger charge is 2.36. The number of carbonyl (C=O) groups excluding carboxylic acids is 1. The van der Waals surface area contributed by atoms with Crippen molar-refractivity contribution < 1.29 is 4.79 Å². The fourth-order valence-corrected chi connectivity index (χ4v) is 3.50. The molecule has 2 rings (SSSR count). The van der Waals surface area contributed by atoms with Gasteiger partial charge in [0.05, 0.1) is 5.54 Å². The molecule has 19 heavy (non-hydrogen) atoms. The first-order valence-electron chi connectivity index (χ1n) is 7.62. The third kappa shape index (κ3) is 4.35. The number of nitrogens with zero attached hydrogens (tertiary/aromatic N) is 1. The molecule has 0 aromatic rings. The monoisotopic (exact) mass is 288 g/mol. The van der Waals surface area contributed by atoms with Crippen molar-refractivity contribution in [2.24, 2.45) is 5.92 Å². The highest BCUT2D eigenvalue weighted by Crippen LogP contribution is 2.26. The van der Waals surface area contributed by atoms with E-state index in [2.05, 4.69) is 12.2 Å². The molecule has 0 spiro atoms. The van der Waals surface area contributed by atoms with Gasteiger partial charge in [-0.05, 0) is 51.5 Å². The molecule has 1 atom stereocenters. The molecule has 1 N–H and O–H groups in total. The van der Waals surface area contributed by atoms with Crippen LogP contribution in [0.1, 0.15) is 58.3 Å². The minimum atomic E-state index is -0.304. The summed E-state index contributed by atoms with van der Waals surface area (Å²) in [5.41, 5.74) is -0.304. The zero-order chi connectivity index (χ0) is 13.0. The van der Waals surface area contributed by atoms with E-state index in [1.807, 2.05) is 11.9 Å². The summed E-state index contributed by atoms with van der Waals surface area (Å²) in [7, 11) is 1.98. The molecule has 1 unspecified atom stereocenters. The summed E-state index contributed by atoms with van der Waals surface area (Å²) in [6.45, 7) is 4.02. The lowest BCUT2D eigenvalue weighted by atomic mass is 9.87. The van der Waals surface area contributed by atoms with Crippen LogP contribution in [0.3, 0.4) is 0 Å². The van der Waals surface area contributed by atoms with E-state index in [-0.39, 0.29) is 17.9 Å². The number of nitrogens with one attached hydrogen (secondary N) is 1. The normalized spacial score (nSPS) is 28.5. The van der Waals surface area contributed by atoms with Crippen molar-refractivity contribution in [2.45, 2.75) is 63.8 Å². The fraction of sp³-hybridized carbons (Fsp3) is 0.933. The first-order valence-corrected chi connectivity index (χ1v) is 7.62. The smallest absolute Gasteiger partial charge is 0.242 e. The van der Waals surface area contributed by atoms with Gasteiger partial charge in [0.2, 0.25) is 5.91 Å². The number of hydrogen-bond acceptors (Lipinski definition) is 2. The average molecular weight is 289 g/mol. The van der Waals surface area contributed by atoms with E-state index in [0.717, 1.165) is 25.4 Å². The summed E-state index contributed by atoms with van der Waals surface area (Å²) in [5, 5.41) is 3.42. The van der Waals surface area contributed by atoms with Crippen LogP contribution in [0.4, 0.5) is 0 Å². The summed E-state index contributed by atoms with van der Waals surface area (Å²) in [4.78, 5) is 14.5. The zero-order valence-electron chi connectivity index (χ0n) is 12.4. The Hall–Kier alpha value is -0.280. The number of hydrogen-bond donors (Lipinski definition) is 1. The molecule has 3 nitrogen and oxygen atoms in total. The molecule has 1 aliphatic carbocycles.